The summed E-state index contributed by atoms with van der Waals surface area (Å²) in [6.45, 7) is 1.06. The zero-order valence-electron chi connectivity index (χ0n) is 15.6. The second-order valence-corrected chi connectivity index (χ2v) is 6.37. The first-order chi connectivity index (χ1) is 14.2. The molecular weight excluding hydrogens is 406 g/mol. The van der Waals surface area contributed by atoms with Crippen molar-refractivity contribution >= 4 is 22.7 Å². The molecule has 3 aromatic rings. The van der Waals surface area contributed by atoms with E-state index in [0.717, 1.165) is 29.4 Å². The molecule has 1 N–H and O–H groups in total. The molecule has 10 nitrogen and oxygen atoms in total. The first-order valence-electron chi connectivity index (χ1n) is 8.74. The van der Waals surface area contributed by atoms with E-state index in [9.17, 15) is 33.6 Å². The van der Waals surface area contributed by atoms with Crippen LogP contribution in [-0.2, 0) is 17.8 Å². The van der Waals surface area contributed by atoms with E-state index in [1.807, 2.05) is 0 Å². The molecule has 0 saturated heterocycles. The molecule has 3 rings (SSSR count). The van der Waals surface area contributed by atoms with Crippen LogP contribution in [0.1, 0.15) is 17.3 Å². The van der Waals surface area contributed by atoms with Gasteiger partial charge in [-0.1, -0.05) is 0 Å². The van der Waals surface area contributed by atoms with Gasteiger partial charge in [0.1, 0.15) is 17.6 Å². The van der Waals surface area contributed by atoms with Crippen LogP contribution in [0.25, 0.3) is 10.9 Å². The summed E-state index contributed by atoms with van der Waals surface area (Å²) in [4.78, 5) is 38.2. The Hall–Kier alpha value is -3.67. The van der Waals surface area contributed by atoms with Crippen LogP contribution in [0.3, 0.4) is 0 Å². The largest absolute Gasteiger partial charge is 0.462 e. The van der Waals surface area contributed by atoms with Crippen molar-refractivity contribution in [2.75, 3.05) is 6.61 Å². The number of halogens is 2. The molecule has 0 bridgehead atoms. The zero-order valence-corrected chi connectivity index (χ0v) is 15.6. The molecule has 0 aliphatic heterocycles. The van der Waals surface area contributed by atoms with E-state index in [1.165, 1.54) is 11.5 Å². The SMILES string of the molecule is CCOC(=O)c1cn(CC(O)Cn2cnc([N+](=O)[O-])c2)c2c(F)cc(F)cc2c1=O. The van der Waals surface area contributed by atoms with Crippen LogP contribution in [-0.4, -0.2) is 42.8 Å². The van der Waals surface area contributed by atoms with Gasteiger partial charge >= 0.3 is 11.8 Å². The zero-order chi connectivity index (χ0) is 22.0. The molecule has 12 heteroatoms. The fourth-order valence-corrected chi connectivity index (χ4v) is 3.02. The summed E-state index contributed by atoms with van der Waals surface area (Å²) in [5, 5.41) is 20.7. The molecule has 158 valence electrons. The van der Waals surface area contributed by atoms with E-state index in [1.54, 1.807) is 0 Å². The number of aromatic nitrogens is 3. The molecule has 0 aliphatic rings. The number of esters is 1. The molecule has 2 aromatic heterocycles. The number of hydrogen-bond acceptors (Lipinski definition) is 7. The number of pyridine rings is 1. The van der Waals surface area contributed by atoms with Gasteiger partial charge in [-0.3, -0.25) is 4.79 Å². The fourth-order valence-electron chi connectivity index (χ4n) is 3.02. The minimum Gasteiger partial charge on any atom is -0.462 e. The number of carbonyl (C=O) groups excluding carboxylic acids is 1. The van der Waals surface area contributed by atoms with Gasteiger partial charge in [-0.05, 0) is 22.9 Å². The molecular formula is C18H16F2N4O6. The Morgan fingerprint density at radius 1 is 1.33 bits per heavy atom. The maximum atomic E-state index is 14.5. The van der Waals surface area contributed by atoms with Gasteiger partial charge < -0.3 is 29.1 Å². The third-order valence-electron chi connectivity index (χ3n) is 4.22. The molecule has 0 fully saturated rings. The summed E-state index contributed by atoms with van der Waals surface area (Å²) >= 11 is 0. The third-order valence-corrected chi connectivity index (χ3v) is 4.22. The van der Waals surface area contributed by atoms with Gasteiger partial charge in [-0.2, -0.15) is 0 Å². The first-order valence-corrected chi connectivity index (χ1v) is 8.74. The van der Waals surface area contributed by atoms with Crippen molar-refractivity contribution in [1.82, 2.24) is 14.1 Å². The minimum absolute atomic E-state index is 0.0180. The molecule has 30 heavy (non-hydrogen) atoms. The topological polar surface area (TPSA) is 129 Å². The predicted molar refractivity (Wildman–Crippen MR) is 99.0 cm³/mol. The predicted octanol–water partition coefficient (Wildman–Crippen LogP) is 1.62. The summed E-state index contributed by atoms with van der Waals surface area (Å²) in [6.07, 6.45) is 2.06. The highest BCUT2D eigenvalue weighted by molar-refractivity contribution is 5.93. The number of ether oxygens (including phenoxy) is 1. The number of nitrogens with zero attached hydrogens (tertiary/aromatic N) is 4. The number of nitro groups is 1. The number of rotatable bonds is 7. The second kappa shape index (κ2) is 8.37. The van der Waals surface area contributed by atoms with Crippen molar-refractivity contribution < 1.29 is 28.3 Å². The van der Waals surface area contributed by atoms with Crippen LogP contribution < -0.4 is 5.43 Å². The maximum absolute atomic E-state index is 14.5. The van der Waals surface area contributed by atoms with Gasteiger partial charge in [0.15, 0.2) is 5.82 Å². The highest BCUT2D eigenvalue weighted by atomic mass is 19.1. The average molecular weight is 422 g/mol. The molecule has 1 atom stereocenters. The lowest BCUT2D eigenvalue weighted by atomic mass is 10.1. The summed E-state index contributed by atoms with van der Waals surface area (Å²) in [6, 6.07) is 1.37. The average Bonchev–Trinajstić information content (AvgIpc) is 3.12. The van der Waals surface area contributed by atoms with Crippen molar-refractivity contribution in [3.8, 4) is 0 Å². The molecule has 0 aliphatic carbocycles. The molecule has 2 heterocycles. The number of aliphatic hydroxyl groups excluding tert-OH is 1. The van der Waals surface area contributed by atoms with Crippen molar-refractivity contribution in [2.24, 2.45) is 0 Å². The Morgan fingerprint density at radius 2 is 2.07 bits per heavy atom. The molecule has 0 radical (unpaired) electrons. The van der Waals surface area contributed by atoms with Gasteiger partial charge in [0.05, 0.1) is 36.7 Å². The van der Waals surface area contributed by atoms with E-state index < -0.39 is 45.4 Å². The standard InChI is InChI=1S/C18H16F2N4O6/c1-2-30-18(27)13-7-23(16-12(17(13)26)3-10(19)4-14(16)20)6-11(25)5-22-8-15(21-9-22)24(28)29/h3-4,7-9,11,25H,2,5-6H2,1H3. The molecule has 0 saturated carbocycles. The van der Waals surface area contributed by atoms with Gasteiger partial charge in [0, 0.05) is 12.3 Å². The van der Waals surface area contributed by atoms with Gasteiger partial charge in [-0.25, -0.2) is 13.6 Å². The number of fused-ring (bicyclic) bond motifs is 1. The van der Waals surface area contributed by atoms with Crippen LogP contribution in [0.2, 0.25) is 0 Å². The van der Waals surface area contributed by atoms with E-state index in [0.29, 0.717) is 6.07 Å². The third kappa shape index (κ3) is 4.17. The van der Waals surface area contributed by atoms with Crippen molar-refractivity contribution in [2.45, 2.75) is 26.1 Å². The summed E-state index contributed by atoms with van der Waals surface area (Å²) < 4.78 is 35.3. The maximum Gasteiger partial charge on any atom is 0.381 e. The Labute approximate surface area is 167 Å². The first kappa shape index (κ1) is 21.0. The van der Waals surface area contributed by atoms with Crippen molar-refractivity contribution in [3.05, 3.63) is 68.4 Å². The highest BCUT2D eigenvalue weighted by Gasteiger charge is 2.21. The van der Waals surface area contributed by atoms with Crippen LogP contribution in [0.15, 0.2) is 35.6 Å². The van der Waals surface area contributed by atoms with E-state index in [2.05, 4.69) is 4.98 Å². The molecule has 0 spiro atoms. The quantitative estimate of drug-likeness (QED) is 0.348. The van der Waals surface area contributed by atoms with Crippen LogP contribution in [0, 0.1) is 21.7 Å². The van der Waals surface area contributed by atoms with Crippen molar-refractivity contribution in [3.63, 3.8) is 0 Å². The molecule has 0 amide bonds. The summed E-state index contributed by atoms with van der Waals surface area (Å²) in [5.74, 6) is -3.44. The Bertz CT molecular complexity index is 1190. The van der Waals surface area contributed by atoms with E-state index in [4.69, 9.17) is 4.74 Å². The highest BCUT2D eigenvalue weighted by Crippen LogP contribution is 2.19. The smallest absolute Gasteiger partial charge is 0.381 e. The summed E-state index contributed by atoms with van der Waals surface area (Å²) in [7, 11) is 0. The second-order valence-electron chi connectivity index (χ2n) is 6.37. The number of hydrogen-bond donors (Lipinski definition) is 1. The Morgan fingerprint density at radius 3 is 2.70 bits per heavy atom. The van der Waals surface area contributed by atoms with Crippen LogP contribution >= 0.6 is 0 Å². The van der Waals surface area contributed by atoms with E-state index in [-0.39, 0.29) is 30.6 Å². The van der Waals surface area contributed by atoms with E-state index >= 15 is 0 Å². The Kier molecular flexibility index (Phi) is 5.87. The van der Waals surface area contributed by atoms with Gasteiger partial charge in [0.25, 0.3) is 0 Å². The number of imidazole rings is 1. The molecule has 1 aromatic carbocycles. The normalized spacial score (nSPS) is 12.1. The monoisotopic (exact) mass is 422 g/mol. The lowest BCUT2D eigenvalue weighted by Crippen LogP contribution is -2.26. The summed E-state index contributed by atoms with van der Waals surface area (Å²) in [5.41, 5.74) is -1.65. The van der Waals surface area contributed by atoms with Crippen molar-refractivity contribution in [1.29, 1.82) is 0 Å². The lowest BCUT2D eigenvalue weighted by molar-refractivity contribution is -0.389. The minimum atomic E-state index is -1.22. The molecule has 1 unspecified atom stereocenters. The van der Waals surface area contributed by atoms with Gasteiger partial charge in [0.2, 0.25) is 11.8 Å². The fraction of sp³-hybridized carbons (Fsp3) is 0.278. The number of aliphatic hydroxyl groups is 1. The van der Waals surface area contributed by atoms with Gasteiger partial charge in [-0.15, -0.1) is 0 Å². The van der Waals surface area contributed by atoms with Crippen LogP contribution in [0.5, 0.6) is 0 Å². The lowest BCUT2D eigenvalue weighted by Gasteiger charge is -2.17. The Balaban J connectivity index is 2.02. The number of benzene rings is 1. The van der Waals surface area contributed by atoms with Crippen LogP contribution in [0.4, 0.5) is 14.6 Å². The number of carbonyl (C=O) groups is 1.